The third-order valence-corrected chi connectivity index (χ3v) is 3.56. The van der Waals surface area contributed by atoms with E-state index >= 15 is 0 Å². The first-order chi connectivity index (χ1) is 8.84. The molecule has 0 unspecified atom stereocenters. The zero-order valence-corrected chi connectivity index (χ0v) is 11.4. The van der Waals surface area contributed by atoms with Gasteiger partial charge in [0.15, 0.2) is 0 Å². The summed E-state index contributed by atoms with van der Waals surface area (Å²) in [5, 5.41) is 0. The van der Waals surface area contributed by atoms with E-state index < -0.39 is 0 Å². The zero-order valence-electron chi connectivity index (χ0n) is 9.83. The quantitative estimate of drug-likeness (QED) is 0.855. The molecule has 0 aliphatic carbocycles. The van der Waals surface area contributed by atoms with Gasteiger partial charge >= 0.3 is 0 Å². The average Bonchev–Trinajstić information content (AvgIpc) is 2.90. The number of halogens is 1. The third kappa shape index (κ3) is 2.22. The van der Waals surface area contributed by atoms with Gasteiger partial charge in [0.1, 0.15) is 0 Å². The molecule has 18 heavy (non-hydrogen) atoms. The van der Waals surface area contributed by atoms with Crippen LogP contribution >= 0.6 is 15.9 Å². The second-order valence-electron chi connectivity index (χ2n) is 4.31. The van der Waals surface area contributed by atoms with E-state index in [1.807, 2.05) is 18.3 Å². The molecule has 3 rings (SSSR count). The molecule has 1 saturated heterocycles. The van der Waals surface area contributed by atoms with Gasteiger partial charge in [0.25, 0.3) is 0 Å². The van der Waals surface area contributed by atoms with Crippen LogP contribution in [-0.4, -0.2) is 21.5 Å². The van der Waals surface area contributed by atoms with Gasteiger partial charge in [-0.2, -0.15) is 0 Å². The van der Waals surface area contributed by atoms with E-state index in [1.165, 1.54) is 0 Å². The van der Waals surface area contributed by atoms with Crippen LogP contribution in [0.5, 0.6) is 0 Å². The molecular weight excluding hydrogens is 292 g/mol. The lowest BCUT2D eigenvalue weighted by atomic mass is 10.1. The number of hydrogen-bond donors (Lipinski definition) is 0. The van der Waals surface area contributed by atoms with Crippen molar-refractivity contribution < 1.29 is 0 Å². The van der Waals surface area contributed by atoms with Crippen molar-refractivity contribution in [2.45, 2.75) is 18.9 Å². The average molecular weight is 305 g/mol. The minimum absolute atomic E-state index is 0.298. The summed E-state index contributed by atoms with van der Waals surface area (Å²) in [5.74, 6) is 0.784. The van der Waals surface area contributed by atoms with E-state index in [-0.39, 0.29) is 0 Å². The lowest BCUT2D eigenvalue weighted by Crippen LogP contribution is -2.25. The van der Waals surface area contributed by atoms with Crippen molar-refractivity contribution in [3.05, 3.63) is 47.0 Å². The van der Waals surface area contributed by atoms with Crippen LogP contribution in [-0.2, 0) is 0 Å². The van der Waals surface area contributed by atoms with Crippen LogP contribution in [0.2, 0.25) is 0 Å². The van der Waals surface area contributed by atoms with Crippen molar-refractivity contribution in [1.82, 2.24) is 15.0 Å². The standard InChI is InChI=1S/C13H13BrN4/c14-10-8-16-13(17-9-10)18-7-3-5-12(18)11-4-1-2-6-15-11/h1-2,4,6,8-9,12H,3,5,7H2/t12-/m0/s1. The Bertz CT molecular complexity index is 514. The van der Waals surface area contributed by atoms with Gasteiger partial charge in [0.2, 0.25) is 5.95 Å². The molecule has 3 heterocycles. The molecule has 0 spiro atoms. The van der Waals surface area contributed by atoms with Gasteiger partial charge in [-0.25, -0.2) is 9.97 Å². The van der Waals surface area contributed by atoms with Gasteiger partial charge in [0, 0.05) is 25.1 Å². The number of nitrogens with zero attached hydrogens (tertiary/aromatic N) is 4. The Balaban J connectivity index is 1.90. The number of rotatable bonds is 2. The van der Waals surface area contributed by atoms with Crippen molar-refractivity contribution >= 4 is 21.9 Å². The molecule has 1 fully saturated rings. The Morgan fingerprint density at radius 3 is 2.72 bits per heavy atom. The van der Waals surface area contributed by atoms with Crippen molar-refractivity contribution in [2.24, 2.45) is 0 Å². The molecule has 5 heteroatoms. The van der Waals surface area contributed by atoms with Crippen LogP contribution in [0.1, 0.15) is 24.6 Å². The topological polar surface area (TPSA) is 41.9 Å². The highest BCUT2D eigenvalue weighted by atomic mass is 79.9. The summed E-state index contributed by atoms with van der Waals surface area (Å²) in [7, 11) is 0. The molecule has 0 N–H and O–H groups in total. The summed E-state index contributed by atoms with van der Waals surface area (Å²) in [6.07, 6.45) is 7.68. The summed E-state index contributed by atoms with van der Waals surface area (Å²) < 4.78 is 0.903. The number of hydrogen-bond acceptors (Lipinski definition) is 4. The lowest BCUT2D eigenvalue weighted by Gasteiger charge is -2.23. The van der Waals surface area contributed by atoms with Crippen molar-refractivity contribution in [3.8, 4) is 0 Å². The summed E-state index contributed by atoms with van der Waals surface area (Å²) in [5.41, 5.74) is 1.10. The molecule has 92 valence electrons. The molecule has 1 aliphatic rings. The first-order valence-corrected chi connectivity index (χ1v) is 6.79. The minimum atomic E-state index is 0.298. The molecule has 0 radical (unpaired) electrons. The maximum absolute atomic E-state index is 4.45. The molecule has 1 aliphatic heterocycles. The predicted octanol–water partition coefficient (Wildman–Crippen LogP) is 2.98. The molecule has 1 atom stereocenters. The fourth-order valence-corrected chi connectivity index (χ4v) is 2.55. The number of anilines is 1. The summed E-state index contributed by atoms with van der Waals surface area (Å²) in [6.45, 7) is 0.989. The Morgan fingerprint density at radius 2 is 2.00 bits per heavy atom. The Morgan fingerprint density at radius 1 is 1.17 bits per heavy atom. The fraction of sp³-hybridized carbons (Fsp3) is 0.308. The Kier molecular flexibility index (Phi) is 3.23. The van der Waals surface area contributed by atoms with Crippen LogP contribution in [0.25, 0.3) is 0 Å². The van der Waals surface area contributed by atoms with Gasteiger partial charge in [0.05, 0.1) is 16.2 Å². The van der Waals surface area contributed by atoms with Crippen LogP contribution in [0, 0.1) is 0 Å². The summed E-state index contributed by atoms with van der Waals surface area (Å²) >= 11 is 3.36. The molecule has 0 aromatic carbocycles. The highest BCUT2D eigenvalue weighted by Crippen LogP contribution is 2.33. The van der Waals surface area contributed by atoms with Crippen molar-refractivity contribution in [1.29, 1.82) is 0 Å². The van der Waals surface area contributed by atoms with Crippen molar-refractivity contribution in [3.63, 3.8) is 0 Å². The predicted molar refractivity (Wildman–Crippen MR) is 73.3 cm³/mol. The molecule has 0 saturated carbocycles. The highest BCUT2D eigenvalue weighted by molar-refractivity contribution is 9.10. The van der Waals surface area contributed by atoms with Crippen LogP contribution in [0.4, 0.5) is 5.95 Å². The van der Waals surface area contributed by atoms with Gasteiger partial charge in [-0.05, 0) is 40.9 Å². The molecule has 2 aromatic rings. The van der Waals surface area contributed by atoms with E-state index in [2.05, 4.69) is 41.8 Å². The molecule has 2 aromatic heterocycles. The van der Waals surface area contributed by atoms with Crippen LogP contribution < -0.4 is 4.90 Å². The smallest absolute Gasteiger partial charge is 0.225 e. The Hall–Kier alpha value is -1.49. The van der Waals surface area contributed by atoms with E-state index in [0.717, 1.165) is 35.5 Å². The first kappa shape index (κ1) is 11.6. The number of aromatic nitrogens is 3. The third-order valence-electron chi connectivity index (χ3n) is 3.15. The first-order valence-electron chi connectivity index (χ1n) is 6.00. The maximum atomic E-state index is 4.45. The molecule has 0 bridgehead atoms. The SMILES string of the molecule is Brc1cnc(N2CCC[C@H]2c2ccccn2)nc1. The summed E-state index contributed by atoms with van der Waals surface area (Å²) in [6, 6.07) is 6.34. The van der Waals surface area contributed by atoms with Gasteiger partial charge < -0.3 is 4.90 Å². The lowest BCUT2D eigenvalue weighted by molar-refractivity contribution is 0.679. The fourth-order valence-electron chi connectivity index (χ4n) is 2.34. The second kappa shape index (κ2) is 5.02. The van der Waals surface area contributed by atoms with Crippen molar-refractivity contribution in [2.75, 3.05) is 11.4 Å². The normalized spacial score (nSPS) is 19.2. The number of pyridine rings is 1. The van der Waals surface area contributed by atoms with E-state index in [1.54, 1.807) is 12.4 Å². The maximum Gasteiger partial charge on any atom is 0.225 e. The van der Waals surface area contributed by atoms with Crippen LogP contribution in [0.3, 0.4) is 0 Å². The van der Waals surface area contributed by atoms with E-state index in [4.69, 9.17) is 0 Å². The molecular formula is C13H13BrN4. The molecule has 4 nitrogen and oxygen atoms in total. The monoisotopic (exact) mass is 304 g/mol. The summed E-state index contributed by atoms with van der Waals surface area (Å²) in [4.78, 5) is 15.4. The van der Waals surface area contributed by atoms with Gasteiger partial charge in [-0.1, -0.05) is 6.07 Å². The van der Waals surface area contributed by atoms with E-state index in [9.17, 15) is 0 Å². The zero-order chi connectivity index (χ0) is 12.4. The minimum Gasteiger partial charge on any atom is -0.332 e. The largest absolute Gasteiger partial charge is 0.332 e. The second-order valence-corrected chi connectivity index (χ2v) is 5.22. The highest BCUT2D eigenvalue weighted by Gasteiger charge is 2.28. The Labute approximate surface area is 114 Å². The van der Waals surface area contributed by atoms with Gasteiger partial charge in [-0.15, -0.1) is 0 Å². The van der Waals surface area contributed by atoms with Crippen LogP contribution in [0.15, 0.2) is 41.3 Å². The van der Waals surface area contributed by atoms with E-state index in [0.29, 0.717) is 6.04 Å². The van der Waals surface area contributed by atoms with Gasteiger partial charge in [-0.3, -0.25) is 4.98 Å². The molecule has 0 amide bonds.